The summed E-state index contributed by atoms with van der Waals surface area (Å²) in [5.41, 5.74) is 3.87. The number of rotatable bonds is 7. The molecule has 2 aromatic carbocycles. The van der Waals surface area contributed by atoms with Crippen molar-refractivity contribution in [3.8, 4) is 11.4 Å². The average Bonchev–Trinajstić information content (AvgIpc) is 3.37. The van der Waals surface area contributed by atoms with Crippen LogP contribution in [0, 0.1) is 0 Å². The van der Waals surface area contributed by atoms with Crippen LogP contribution in [-0.4, -0.2) is 43.8 Å². The van der Waals surface area contributed by atoms with Gasteiger partial charge in [0, 0.05) is 5.56 Å². The molecule has 0 aliphatic carbocycles. The van der Waals surface area contributed by atoms with Crippen LogP contribution in [0.2, 0.25) is 0 Å². The molecule has 1 aliphatic heterocycles. The number of imide groups is 1. The van der Waals surface area contributed by atoms with Gasteiger partial charge in [0.25, 0.3) is 5.91 Å². The van der Waals surface area contributed by atoms with Gasteiger partial charge in [0.05, 0.1) is 5.75 Å². The number of H-pyrrole nitrogens is 1. The Balaban J connectivity index is 1.36. The van der Waals surface area contributed by atoms with Gasteiger partial charge in [-0.1, -0.05) is 73.3 Å². The molecule has 1 aromatic heterocycles. The third kappa shape index (κ3) is 4.22. The largest absolute Gasteiger partial charge is 0.344 e. The first-order valence-electron chi connectivity index (χ1n) is 10.1. The Morgan fingerprint density at radius 2 is 1.84 bits per heavy atom. The topological polar surface area (TPSA) is 120 Å². The Bertz CT molecular complexity index is 1150. The van der Waals surface area contributed by atoms with Gasteiger partial charge in [-0.25, -0.2) is 9.78 Å². The Morgan fingerprint density at radius 3 is 2.53 bits per heavy atom. The standard InChI is InChI=1S/C22H22N6O3S/c1-3-14-9-11-15(12-10-14)18-23-20(26-25-18)32-13-17(29)27-28-19(30)22(2,24-21(28)31)16-7-5-4-6-8-16/h4-12H,3,13H2,1-2H3,(H,24,31)(H,27,29)(H,23,25,26). The van der Waals surface area contributed by atoms with E-state index < -0.39 is 23.4 Å². The number of nitrogens with zero attached hydrogens (tertiary/aromatic N) is 3. The molecule has 1 aliphatic rings. The molecule has 2 heterocycles. The average molecular weight is 451 g/mol. The number of hydrogen-bond acceptors (Lipinski definition) is 6. The van der Waals surface area contributed by atoms with Gasteiger partial charge in [-0.3, -0.25) is 20.1 Å². The molecule has 0 saturated carbocycles. The van der Waals surface area contributed by atoms with Gasteiger partial charge >= 0.3 is 6.03 Å². The summed E-state index contributed by atoms with van der Waals surface area (Å²) in [4.78, 5) is 42.0. The monoisotopic (exact) mass is 450 g/mol. The molecule has 1 saturated heterocycles. The Kier molecular flexibility index (Phi) is 5.95. The predicted octanol–water partition coefficient (Wildman–Crippen LogP) is 2.62. The third-order valence-electron chi connectivity index (χ3n) is 5.21. The number of carbonyl (C=O) groups is 3. The minimum absolute atomic E-state index is 0.0643. The van der Waals surface area contributed by atoms with Crippen LogP contribution in [0.3, 0.4) is 0 Å². The Morgan fingerprint density at radius 1 is 1.12 bits per heavy atom. The van der Waals surface area contributed by atoms with Crippen LogP contribution in [0.15, 0.2) is 59.8 Å². The maximum Gasteiger partial charge on any atom is 0.344 e. The summed E-state index contributed by atoms with van der Waals surface area (Å²) in [5, 5.41) is 10.7. The summed E-state index contributed by atoms with van der Waals surface area (Å²) in [6, 6.07) is 16.2. The number of aryl methyl sites for hydroxylation is 1. The van der Waals surface area contributed by atoms with E-state index in [1.165, 1.54) is 5.56 Å². The van der Waals surface area contributed by atoms with Gasteiger partial charge in [-0.15, -0.1) is 5.10 Å². The fourth-order valence-corrected chi connectivity index (χ4v) is 3.92. The highest BCUT2D eigenvalue weighted by Crippen LogP contribution is 2.27. The molecule has 1 fully saturated rings. The van der Waals surface area contributed by atoms with Crippen molar-refractivity contribution >= 4 is 29.6 Å². The molecule has 1 unspecified atom stereocenters. The summed E-state index contributed by atoms with van der Waals surface area (Å²) < 4.78 is 0. The summed E-state index contributed by atoms with van der Waals surface area (Å²) >= 11 is 1.10. The molecule has 9 nitrogen and oxygen atoms in total. The number of aromatic amines is 1. The maximum atomic E-state index is 12.8. The summed E-state index contributed by atoms with van der Waals surface area (Å²) in [5.74, 6) is -0.536. The first kappa shape index (κ1) is 21.6. The van der Waals surface area contributed by atoms with E-state index in [9.17, 15) is 14.4 Å². The van der Waals surface area contributed by atoms with Gasteiger partial charge in [0.1, 0.15) is 5.54 Å². The van der Waals surface area contributed by atoms with Crippen LogP contribution in [0.1, 0.15) is 25.0 Å². The lowest BCUT2D eigenvalue weighted by Gasteiger charge is -2.22. The van der Waals surface area contributed by atoms with Crippen LogP contribution in [0.5, 0.6) is 0 Å². The van der Waals surface area contributed by atoms with E-state index in [4.69, 9.17) is 0 Å². The molecular formula is C22H22N6O3S. The van der Waals surface area contributed by atoms with Crippen molar-refractivity contribution in [2.24, 2.45) is 0 Å². The highest BCUT2D eigenvalue weighted by molar-refractivity contribution is 7.99. The van der Waals surface area contributed by atoms with Crippen LogP contribution < -0.4 is 10.7 Å². The second-order valence-electron chi connectivity index (χ2n) is 7.40. The molecule has 0 spiro atoms. The molecule has 32 heavy (non-hydrogen) atoms. The molecule has 3 aromatic rings. The van der Waals surface area contributed by atoms with Crippen molar-refractivity contribution in [2.45, 2.75) is 31.0 Å². The fraction of sp³-hybridized carbons (Fsp3) is 0.227. The van der Waals surface area contributed by atoms with Gasteiger partial charge in [-0.05, 0) is 24.5 Å². The number of aromatic nitrogens is 3. The lowest BCUT2D eigenvalue weighted by atomic mass is 9.92. The third-order valence-corrected chi connectivity index (χ3v) is 6.06. The molecule has 4 amide bonds. The van der Waals surface area contributed by atoms with E-state index in [0.717, 1.165) is 23.7 Å². The lowest BCUT2D eigenvalue weighted by Crippen LogP contribution is -2.48. The van der Waals surface area contributed by atoms with E-state index in [1.54, 1.807) is 31.2 Å². The SMILES string of the molecule is CCc1ccc(-c2nc(SCC(=O)NN3C(=O)NC(C)(c4ccccc4)C3=O)n[nH]2)cc1. The van der Waals surface area contributed by atoms with Crippen LogP contribution in [0.25, 0.3) is 11.4 Å². The highest BCUT2D eigenvalue weighted by Gasteiger charge is 2.49. The molecule has 10 heteroatoms. The summed E-state index contributed by atoms with van der Waals surface area (Å²) in [6.07, 6.45) is 0.953. The normalized spacial score (nSPS) is 18.0. The van der Waals surface area contributed by atoms with Gasteiger partial charge < -0.3 is 5.32 Å². The number of hydrazine groups is 1. The van der Waals surface area contributed by atoms with Gasteiger partial charge in [-0.2, -0.15) is 5.01 Å². The maximum absolute atomic E-state index is 12.8. The lowest BCUT2D eigenvalue weighted by molar-refractivity contribution is -0.138. The van der Waals surface area contributed by atoms with Gasteiger partial charge in [0.2, 0.25) is 11.1 Å². The molecule has 0 radical (unpaired) electrons. The number of urea groups is 1. The highest BCUT2D eigenvalue weighted by atomic mass is 32.2. The molecule has 3 N–H and O–H groups in total. The van der Waals surface area contributed by atoms with Gasteiger partial charge in [0.15, 0.2) is 5.82 Å². The van der Waals surface area contributed by atoms with Crippen molar-refractivity contribution in [3.63, 3.8) is 0 Å². The quantitative estimate of drug-likeness (QED) is 0.376. The van der Waals surface area contributed by atoms with Crippen molar-refractivity contribution < 1.29 is 14.4 Å². The molecule has 164 valence electrons. The van der Waals surface area contributed by atoms with E-state index in [0.29, 0.717) is 21.6 Å². The minimum Gasteiger partial charge on any atom is -0.318 e. The molecule has 1 atom stereocenters. The Hall–Kier alpha value is -3.66. The molecule has 4 rings (SSSR count). The zero-order valence-corrected chi connectivity index (χ0v) is 18.4. The van der Waals surface area contributed by atoms with E-state index >= 15 is 0 Å². The number of thioether (sulfide) groups is 1. The van der Waals surface area contributed by atoms with Crippen LogP contribution in [-0.2, 0) is 21.5 Å². The van der Waals surface area contributed by atoms with Crippen molar-refractivity contribution in [1.82, 2.24) is 30.9 Å². The second-order valence-corrected chi connectivity index (χ2v) is 8.34. The summed E-state index contributed by atoms with van der Waals surface area (Å²) in [6.45, 7) is 3.69. The number of benzene rings is 2. The van der Waals surface area contributed by atoms with E-state index in [2.05, 4.69) is 32.8 Å². The molecule has 0 bridgehead atoms. The number of nitrogens with one attached hydrogen (secondary N) is 3. The van der Waals surface area contributed by atoms with E-state index in [1.807, 2.05) is 30.3 Å². The zero-order valence-electron chi connectivity index (χ0n) is 17.6. The Labute approximate surface area is 189 Å². The number of amides is 4. The van der Waals surface area contributed by atoms with Crippen molar-refractivity contribution in [2.75, 3.05) is 5.75 Å². The second kappa shape index (κ2) is 8.83. The van der Waals surface area contributed by atoms with Crippen molar-refractivity contribution in [3.05, 3.63) is 65.7 Å². The smallest absolute Gasteiger partial charge is 0.318 e. The predicted molar refractivity (Wildman–Crippen MR) is 119 cm³/mol. The van der Waals surface area contributed by atoms with Crippen LogP contribution in [0.4, 0.5) is 4.79 Å². The van der Waals surface area contributed by atoms with Crippen molar-refractivity contribution in [1.29, 1.82) is 0 Å². The summed E-state index contributed by atoms with van der Waals surface area (Å²) in [7, 11) is 0. The van der Waals surface area contributed by atoms with E-state index in [-0.39, 0.29) is 5.75 Å². The number of hydrogen-bond donors (Lipinski definition) is 3. The fourth-order valence-electron chi connectivity index (χ4n) is 3.33. The first-order chi connectivity index (χ1) is 15.4. The zero-order chi connectivity index (χ0) is 22.7. The number of carbonyl (C=O) groups excluding carboxylic acids is 3. The first-order valence-corrected chi connectivity index (χ1v) is 11.1. The van der Waals surface area contributed by atoms with Crippen LogP contribution >= 0.6 is 11.8 Å². The molecular weight excluding hydrogens is 428 g/mol. The minimum atomic E-state index is -1.25.